The van der Waals surface area contributed by atoms with Crippen molar-refractivity contribution in [3.05, 3.63) is 29.8 Å². The number of hydrogen-bond acceptors (Lipinski definition) is 2. The third kappa shape index (κ3) is 2.43. The maximum Gasteiger partial charge on any atom is 0.149 e. The van der Waals surface area contributed by atoms with Gasteiger partial charge in [0.15, 0.2) is 0 Å². The lowest BCUT2D eigenvalue weighted by molar-refractivity contribution is 0.581. The van der Waals surface area contributed by atoms with Crippen LogP contribution in [0.1, 0.15) is 6.42 Å². The van der Waals surface area contributed by atoms with Gasteiger partial charge >= 0.3 is 0 Å². The van der Waals surface area contributed by atoms with E-state index in [4.69, 9.17) is 5.26 Å². The van der Waals surface area contributed by atoms with Gasteiger partial charge in [0.2, 0.25) is 0 Å². The van der Waals surface area contributed by atoms with Gasteiger partial charge in [-0.25, -0.2) is 8.78 Å². The number of anilines is 1. The molecule has 0 unspecified atom stereocenters. The van der Waals surface area contributed by atoms with Crippen LogP contribution in [0.15, 0.2) is 18.2 Å². The van der Waals surface area contributed by atoms with E-state index in [0.29, 0.717) is 18.7 Å². The Morgan fingerprint density at radius 1 is 1.43 bits per heavy atom. The van der Waals surface area contributed by atoms with Gasteiger partial charge in [0.05, 0.1) is 18.2 Å². The number of halogens is 2. The molecule has 0 spiro atoms. The third-order valence-electron chi connectivity index (χ3n) is 1.88. The molecule has 74 valence electrons. The predicted octanol–water partition coefficient (Wildman–Crippen LogP) is 2.31. The first-order valence-corrected chi connectivity index (χ1v) is 4.18. The van der Waals surface area contributed by atoms with Crippen molar-refractivity contribution in [3.63, 3.8) is 0 Å². The summed E-state index contributed by atoms with van der Waals surface area (Å²) >= 11 is 0. The molecule has 1 rings (SSSR count). The van der Waals surface area contributed by atoms with Gasteiger partial charge in [-0.3, -0.25) is 0 Å². The SMILES string of the molecule is CN(CCC#N)c1ccc(F)cc1F. The van der Waals surface area contributed by atoms with Gasteiger partial charge in [0.1, 0.15) is 11.6 Å². The van der Waals surface area contributed by atoms with Crippen molar-refractivity contribution < 1.29 is 8.78 Å². The molecule has 0 aliphatic rings. The van der Waals surface area contributed by atoms with Gasteiger partial charge < -0.3 is 4.90 Å². The fourth-order valence-corrected chi connectivity index (χ4v) is 1.13. The number of nitrogens with zero attached hydrogens (tertiary/aromatic N) is 2. The van der Waals surface area contributed by atoms with Crippen molar-refractivity contribution >= 4 is 5.69 Å². The quantitative estimate of drug-likeness (QED) is 0.741. The lowest BCUT2D eigenvalue weighted by Crippen LogP contribution is -2.19. The average molecular weight is 196 g/mol. The molecule has 0 aliphatic heterocycles. The Labute approximate surface area is 81.4 Å². The van der Waals surface area contributed by atoms with E-state index in [9.17, 15) is 8.78 Å². The molecule has 0 fully saturated rings. The molecule has 4 heteroatoms. The summed E-state index contributed by atoms with van der Waals surface area (Å²) in [5.74, 6) is -1.20. The molecule has 1 aromatic carbocycles. The van der Waals surface area contributed by atoms with Crippen LogP contribution in [0.3, 0.4) is 0 Å². The Hall–Kier alpha value is -1.63. The third-order valence-corrected chi connectivity index (χ3v) is 1.88. The molecule has 0 N–H and O–H groups in total. The Morgan fingerprint density at radius 2 is 2.14 bits per heavy atom. The van der Waals surface area contributed by atoms with Crippen molar-refractivity contribution in [3.8, 4) is 6.07 Å². The first-order chi connectivity index (χ1) is 6.65. The van der Waals surface area contributed by atoms with E-state index in [0.717, 1.165) is 6.07 Å². The van der Waals surface area contributed by atoms with Crippen molar-refractivity contribution in [1.82, 2.24) is 0 Å². The largest absolute Gasteiger partial charge is 0.371 e. The van der Waals surface area contributed by atoms with Crippen LogP contribution < -0.4 is 4.90 Å². The van der Waals surface area contributed by atoms with Crippen LogP contribution >= 0.6 is 0 Å². The molecule has 0 bridgehead atoms. The Balaban J connectivity index is 2.80. The van der Waals surface area contributed by atoms with Crippen LogP contribution in [0.4, 0.5) is 14.5 Å². The van der Waals surface area contributed by atoms with E-state index in [1.54, 1.807) is 11.9 Å². The minimum Gasteiger partial charge on any atom is -0.371 e. The van der Waals surface area contributed by atoms with Gasteiger partial charge in [-0.2, -0.15) is 5.26 Å². The molecule has 1 aromatic rings. The molecule has 0 saturated carbocycles. The summed E-state index contributed by atoms with van der Waals surface area (Å²) in [7, 11) is 1.66. The first-order valence-electron chi connectivity index (χ1n) is 4.18. The molecule has 2 nitrogen and oxygen atoms in total. The highest BCUT2D eigenvalue weighted by atomic mass is 19.1. The number of nitriles is 1. The van der Waals surface area contributed by atoms with E-state index in [2.05, 4.69) is 0 Å². The fraction of sp³-hybridized carbons (Fsp3) is 0.300. The van der Waals surface area contributed by atoms with Crippen LogP contribution in [-0.2, 0) is 0 Å². The summed E-state index contributed by atoms with van der Waals surface area (Å²) in [5.41, 5.74) is 0.307. The van der Waals surface area contributed by atoms with E-state index in [-0.39, 0.29) is 0 Å². The zero-order valence-corrected chi connectivity index (χ0v) is 7.80. The molecule has 0 amide bonds. The van der Waals surface area contributed by atoms with Crippen molar-refractivity contribution in [1.29, 1.82) is 5.26 Å². The molecule has 0 aliphatic carbocycles. The second-order valence-corrected chi connectivity index (χ2v) is 2.93. The van der Waals surface area contributed by atoms with Gasteiger partial charge in [-0.1, -0.05) is 0 Å². The highest BCUT2D eigenvalue weighted by Gasteiger charge is 2.07. The second-order valence-electron chi connectivity index (χ2n) is 2.93. The van der Waals surface area contributed by atoms with E-state index in [1.807, 2.05) is 6.07 Å². The topological polar surface area (TPSA) is 27.0 Å². The molecule has 0 saturated heterocycles. The highest BCUT2D eigenvalue weighted by molar-refractivity contribution is 5.47. The normalized spacial score (nSPS) is 9.57. The van der Waals surface area contributed by atoms with Gasteiger partial charge in [0, 0.05) is 19.7 Å². The predicted molar refractivity (Wildman–Crippen MR) is 49.9 cm³/mol. The zero-order valence-electron chi connectivity index (χ0n) is 7.80. The van der Waals surface area contributed by atoms with E-state index in [1.165, 1.54) is 12.1 Å². The summed E-state index contributed by atoms with van der Waals surface area (Å²) in [6.45, 7) is 0.430. The lowest BCUT2D eigenvalue weighted by atomic mass is 10.2. The first kappa shape index (κ1) is 10.5. The molecule has 0 radical (unpaired) electrons. The molecule has 0 aromatic heterocycles. The smallest absolute Gasteiger partial charge is 0.149 e. The fourth-order valence-electron chi connectivity index (χ4n) is 1.13. The molecule has 14 heavy (non-hydrogen) atoms. The summed E-state index contributed by atoms with van der Waals surface area (Å²) in [5, 5.41) is 8.35. The highest BCUT2D eigenvalue weighted by Crippen LogP contribution is 2.18. The minimum absolute atomic E-state index is 0.307. The molecule has 0 heterocycles. The maximum absolute atomic E-state index is 13.2. The Kier molecular flexibility index (Phi) is 3.41. The summed E-state index contributed by atoms with van der Waals surface area (Å²) in [4.78, 5) is 1.58. The van der Waals surface area contributed by atoms with Gasteiger partial charge in [0.25, 0.3) is 0 Å². The summed E-state index contributed by atoms with van der Waals surface area (Å²) in [6, 6.07) is 5.35. The number of rotatable bonds is 3. The summed E-state index contributed by atoms with van der Waals surface area (Å²) in [6.07, 6.45) is 0.313. The van der Waals surface area contributed by atoms with Crippen molar-refractivity contribution in [2.75, 3.05) is 18.5 Å². The number of benzene rings is 1. The van der Waals surface area contributed by atoms with Crippen LogP contribution in [0.25, 0.3) is 0 Å². The Bertz CT molecular complexity index is 358. The average Bonchev–Trinajstić information content (AvgIpc) is 2.14. The zero-order chi connectivity index (χ0) is 10.6. The van der Waals surface area contributed by atoms with Crippen molar-refractivity contribution in [2.24, 2.45) is 0 Å². The molecular formula is C10H10F2N2. The minimum atomic E-state index is -0.606. The van der Waals surface area contributed by atoms with Crippen LogP contribution in [-0.4, -0.2) is 13.6 Å². The maximum atomic E-state index is 13.2. The monoisotopic (exact) mass is 196 g/mol. The molecular weight excluding hydrogens is 186 g/mol. The van der Waals surface area contributed by atoms with Crippen LogP contribution in [0, 0.1) is 23.0 Å². The van der Waals surface area contributed by atoms with Gasteiger partial charge in [-0.05, 0) is 12.1 Å². The lowest BCUT2D eigenvalue weighted by Gasteiger charge is -2.18. The van der Waals surface area contributed by atoms with Crippen molar-refractivity contribution in [2.45, 2.75) is 6.42 Å². The van der Waals surface area contributed by atoms with Crippen LogP contribution in [0.2, 0.25) is 0 Å². The standard InChI is InChI=1S/C10H10F2N2/c1-14(6-2-5-13)10-4-3-8(11)7-9(10)12/h3-4,7H,2,6H2,1H3. The van der Waals surface area contributed by atoms with E-state index >= 15 is 0 Å². The van der Waals surface area contributed by atoms with Crippen LogP contribution in [0.5, 0.6) is 0 Å². The summed E-state index contributed by atoms with van der Waals surface area (Å²) < 4.78 is 25.7. The Morgan fingerprint density at radius 3 is 2.71 bits per heavy atom. The van der Waals surface area contributed by atoms with Gasteiger partial charge in [-0.15, -0.1) is 0 Å². The van der Waals surface area contributed by atoms with E-state index < -0.39 is 11.6 Å². The second kappa shape index (κ2) is 4.56. The number of hydrogen-bond donors (Lipinski definition) is 0. The molecule has 0 atom stereocenters.